The Balaban J connectivity index is 1.93. The maximum absolute atomic E-state index is 13.7. The normalized spacial score (nSPS) is 16.5. The minimum atomic E-state index is -0.907. The van der Waals surface area contributed by atoms with Gasteiger partial charge in [0.05, 0.1) is 30.8 Å². The summed E-state index contributed by atoms with van der Waals surface area (Å²) >= 11 is 0. The fourth-order valence-electron chi connectivity index (χ4n) is 4.28. The number of hydrogen-bond acceptors (Lipinski definition) is 6. The Labute approximate surface area is 215 Å². The van der Waals surface area contributed by atoms with Crippen LogP contribution in [-0.2, 0) is 23.9 Å². The van der Waals surface area contributed by atoms with Crippen molar-refractivity contribution in [3.8, 4) is 0 Å². The lowest BCUT2D eigenvalue weighted by Gasteiger charge is -2.32. The summed E-state index contributed by atoms with van der Waals surface area (Å²) in [5.41, 5.74) is 1.55. The van der Waals surface area contributed by atoms with Gasteiger partial charge < -0.3 is 25.6 Å². The van der Waals surface area contributed by atoms with Gasteiger partial charge in [0.2, 0.25) is 17.7 Å². The van der Waals surface area contributed by atoms with Crippen LogP contribution in [-0.4, -0.2) is 54.2 Å². The maximum atomic E-state index is 13.7. The molecule has 196 valence electrons. The van der Waals surface area contributed by atoms with E-state index in [2.05, 4.69) is 16.0 Å². The van der Waals surface area contributed by atoms with E-state index < -0.39 is 42.3 Å². The zero-order valence-electron chi connectivity index (χ0n) is 21.4. The number of esters is 1. The smallest absolute Gasteiger partial charge is 0.307 e. The highest BCUT2D eigenvalue weighted by Gasteiger charge is 2.39. The van der Waals surface area contributed by atoms with Crippen LogP contribution in [0.5, 0.6) is 0 Å². The Bertz CT molecular complexity index is 1180. The van der Waals surface area contributed by atoms with Crippen molar-refractivity contribution in [2.45, 2.75) is 45.7 Å². The first-order valence-electron chi connectivity index (χ1n) is 12.1. The van der Waals surface area contributed by atoms with E-state index >= 15 is 0 Å². The van der Waals surface area contributed by atoms with Crippen LogP contribution >= 0.6 is 0 Å². The van der Waals surface area contributed by atoms with Crippen molar-refractivity contribution in [1.29, 1.82) is 0 Å². The SMILES string of the molecule is CCC(C)[C@H]1C(=O)Nc2ccc(NC(C)=O)cc2C(=O)N1CC(=O)N[C@@H](CC(=O)OC)c1ccccc1. The third-order valence-corrected chi connectivity index (χ3v) is 6.33. The van der Waals surface area contributed by atoms with Crippen LogP contribution in [0, 0.1) is 5.92 Å². The third kappa shape index (κ3) is 6.72. The first-order valence-corrected chi connectivity index (χ1v) is 12.1. The van der Waals surface area contributed by atoms with E-state index in [9.17, 15) is 24.0 Å². The number of ether oxygens (including phenoxy) is 1. The molecule has 1 heterocycles. The second-order valence-corrected chi connectivity index (χ2v) is 9.01. The van der Waals surface area contributed by atoms with Gasteiger partial charge in [-0.05, 0) is 29.7 Å². The van der Waals surface area contributed by atoms with Crippen LogP contribution in [0.1, 0.15) is 55.6 Å². The Hall–Kier alpha value is -4.21. The van der Waals surface area contributed by atoms with Crippen LogP contribution in [0.4, 0.5) is 11.4 Å². The fourth-order valence-corrected chi connectivity index (χ4v) is 4.28. The van der Waals surface area contributed by atoms with Crippen molar-refractivity contribution < 1.29 is 28.7 Å². The van der Waals surface area contributed by atoms with Crippen molar-refractivity contribution in [2.75, 3.05) is 24.3 Å². The molecule has 37 heavy (non-hydrogen) atoms. The van der Waals surface area contributed by atoms with E-state index in [1.165, 1.54) is 25.0 Å². The Morgan fingerprint density at radius 1 is 1.11 bits per heavy atom. The predicted molar refractivity (Wildman–Crippen MR) is 138 cm³/mol. The number of rotatable bonds is 9. The number of methoxy groups -OCH3 is 1. The predicted octanol–water partition coefficient (Wildman–Crippen LogP) is 2.87. The van der Waals surface area contributed by atoms with Crippen LogP contribution in [0.15, 0.2) is 48.5 Å². The van der Waals surface area contributed by atoms with Gasteiger partial charge in [-0.2, -0.15) is 0 Å². The first kappa shape index (κ1) is 27.4. The average molecular weight is 509 g/mol. The molecule has 0 spiro atoms. The van der Waals surface area contributed by atoms with Crippen molar-refractivity contribution in [2.24, 2.45) is 5.92 Å². The van der Waals surface area contributed by atoms with E-state index in [1.807, 2.05) is 19.9 Å². The minimum absolute atomic E-state index is 0.0988. The summed E-state index contributed by atoms with van der Waals surface area (Å²) in [7, 11) is 1.27. The van der Waals surface area contributed by atoms with Gasteiger partial charge in [-0.3, -0.25) is 24.0 Å². The largest absolute Gasteiger partial charge is 0.469 e. The third-order valence-electron chi connectivity index (χ3n) is 6.33. The summed E-state index contributed by atoms with van der Waals surface area (Å²) in [5.74, 6) is -2.52. The van der Waals surface area contributed by atoms with E-state index in [0.29, 0.717) is 23.4 Å². The lowest BCUT2D eigenvalue weighted by atomic mass is 9.96. The Morgan fingerprint density at radius 2 is 1.81 bits per heavy atom. The molecule has 2 aromatic rings. The molecule has 0 saturated carbocycles. The number of amides is 4. The summed E-state index contributed by atoms with van der Waals surface area (Å²) in [6, 6.07) is 12.0. The molecular formula is C27H32N4O6. The molecule has 3 N–H and O–H groups in total. The molecule has 2 aromatic carbocycles. The quantitative estimate of drug-likeness (QED) is 0.446. The Morgan fingerprint density at radius 3 is 2.43 bits per heavy atom. The average Bonchev–Trinajstić information content (AvgIpc) is 2.97. The molecule has 1 aliphatic heterocycles. The molecule has 0 bridgehead atoms. The van der Waals surface area contributed by atoms with Gasteiger partial charge >= 0.3 is 5.97 Å². The van der Waals surface area contributed by atoms with E-state index in [0.717, 1.165) is 0 Å². The molecule has 3 atom stereocenters. The van der Waals surface area contributed by atoms with Gasteiger partial charge in [-0.1, -0.05) is 50.6 Å². The molecule has 10 nitrogen and oxygen atoms in total. The minimum Gasteiger partial charge on any atom is -0.469 e. The lowest BCUT2D eigenvalue weighted by Crippen LogP contribution is -2.52. The summed E-state index contributed by atoms with van der Waals surface area (Å²) in [6.45, 7) is 4.68. The van der Waals surface area contributed by atoms with Crippen LogP contribution in [0.25, 0.3) is 0 Å². The highest BCUT2D eigenvalue weighted by Crippen LogP contribution is 2.29. The summed E-state index contributed by atoms with van der Waals surface area (Å²) in [4.78, 5) is 65.0. The molecule has 0 fully saturated rings. The molecule has 10 heteroatoms. The van der Waals surface area contributed by atoms with Crippen LogP contribution in [0.2, 0.25) is 0 Å². The number of carbonyl (C=O) groups is 5. The molecule has 4 amide bonds. The number of benzene rings is 2. The maximum Gasteiger partial charge on any atom is 0.307 e. The molecule has 1 unspecified atom stereocenters. The molecule has 0 saturated heterocycles. The van der Waals surface area contributed by atoms with Gasteiger partial charge in [0, 0.05) is 12.6 Å². The zero-order valence-corrected chi connectivity index (χ0v) is 21.4. The molecule has 0 radical (unpaired) electrons. The van der Waals surface area contributed by atoms with E-state index in [-0.39, 0.29) is 23.8 Å². The second kappa shape index (κ2) is 12.2. The highest BCUT2D eigenvalue weighted by molar-refractivity contribution is 6.11. The second-order valence-electron chi connectivity index (χ2n) is 9.01. The van der Waals surface area contributed by atoms with Crippen LogP contribution in [0.3, 0.4) is 0 Å². The van der Waals surface area contributed by atoms with Crippen molar-refractivity contribution in [3.63, 3.8) is 0 Å². The number of fused-ring (bicyclic) bond motifs is 1. The Kier molecular flexibility index (Phi) is 9.00. The van der Waals surface area contributed by atoms with Crippen LogP contribution < -0.4 is 16.0 Å². The number of carbonyl (C=O) groups excluding carboxylic acids is 5. The van der Waals surface area contributed by atoms with Crippen molar-refractivity contribution in [1.82, 2.24) is 10.2 Å². The standard InChI is InChI=1S/C27H32N4O6/c1-5-16(2)25-26(35)30-21-12-11-19(28-17(3)32)13-20(21)27(36)31(25)15-23(33)29-22(14-24(34)37-4)18-9-7-6-8-10-18/h6-13,16,22,25H,5,14-15H2,1-4H3,(H,28,32)(H,29,33)(H,30,35)/t16?,22-,25-/m0/s1. The summed E-state index contributed by atoms with van der Waals surface area (Å²) in [6.07, 6.45) is 0.490. The lowest BCUT2D eigenvalue weighted by molar-refractivity contribution is -0.141. The molecule has 3 rings (SSSR count). The van der Waals surface area contributed by atoms with E-state index in [1.54, 1.807) is 36.4 Å². The number of nitrogens with zero attached hydrogens (tertiary/aromatic N) is 1. The summed E-state index contributed by atoms with van der Waals surface area (Å²) in [5, 5.41) is 8.24. The molecule has 1 aliphatic rings. The zero-order chi connectivity index (χ0) is 27.1. The summed E-state index contributed by atoms with van der Waals surface area (Å²) < 4.78 is 4.78. The van der Waals surface area contributed by atoms with E-state index in [4.69, 9.17) is 4.74 Å². The van der Waals surface area contributed by atoms with Crippen molar-refractivity contribution >= 4 is 41.0 Å². The van der Waals surface area contributed by atoms with Gasteiger partial charge in [-0.25, -0.2) is 0 Å². The first-order chi connectivity index (χ1) is 17.6. The number of hydrogen-bond donors (Lipinski definition) is 3. The van der Waals surface area contributed by atoms with Gasteiger partial charge in [0.1, 0.15) is 12.6 Å². The fraction of sp³-hybridized carbons (Fsp3) is 0.370. The van der Waals surface area contributed by atoms with Gasteiger partial charge in [-0.15, -0.1) is 0 Å². The molecule has 0 aromatic heterocycles. The monoisotopic (exact) mass is 508 g/mol. The van der Waals surface area contributed by atoms with Gasteiger partial charge in [0.15, 0.2) is 0 Å². The molecular weight excluding hydrogens is 476 g/mol. The number of anilines is 2. The van der Waals surface area contributed by atoms with Crippen molar-refractivity contribution in [3.05, 3.63) is 59.7 Å². The molecule has 0 aliphatic carbocycles. The van der Waals surface area contributed by atoms with Gasteiger partial charge in [0.25, 0.3) is 5.91 Å². The highest BCUT2D eigenvalue weighted by atomic mass is 16.5. The number of nitrogens with one attached hydrogen (secondary N) is 3. The topological polar surface area (TPSA) is 134 Å².